The zero-order valence-electron chi connectivity index (χ0n) is 11.0. The fraction of sp³-hybridized carbons (Fsp3) is 0.714. The highest BCUT2D eigenvalue weighted by molar-refractivity contribution is 6.01. The zero-order chi connectivity index (χ0) is 13.0. The Morgan fingerprint density at radius 3 is 2.35 bits per heavy atom. The minimum absolute atomic E-state index is 0.0174. The molecular weight excluding hydrogens is 214 g/mol. The molecule has 0 spiro atoms. The molecule has 17 heavy (non-hydrogen) atoms. The van der Waals surface area contributed by atoms with E-state index in [0.29, 0.717) is 11.5 Å². The molecule has 1 fully saturated rings. The van der Waals surface area contributed by atoms with E-state index >= 15 is 0 Å². The molecule has 0 aromatic heterocycles. The molecule has 3 atom stereocenters. The maximum Gasteiger partial charge on any atom is 0.156 e. The Bertz CT molecular complexity index is 422. The average molecular weight is 235 g/mol. The third-order valence-electron chi connectivity index (χ3n) is 4.83. The van der Waals surface area contributed by atoms with Crippen molar-refractivity contribution in [2.45, 2.75) is 46.1 Å². The minimum atomic E-state index is -0.533. The highest BCUT2D eigenvalue weighted by Crippen LogP contribution is 2.60. The Balaban J connectivity index is 2.50. The number of carbonyl (C=O) groups excluding carboxylic acids is 2. The van der Waals surface area contributed by atoms with Gasteiger partial charge in [0.2, 0.25) is 0 Å². The van der Waals surface area contributed by atoms with E-state index in [2.05, 4.69) is 13.8 Å². The van der Waals surface area contributed by atoms with E-state index in [1.54, 1.807) is 6.92 Å². The second kappa shape index (κ2) is 3.52. The zero-order valence-corrected chi connectivity index (χ0v) is 11.0. The van der Waals surface area contributed by atoms with Gasteiger partial charge in [0, 0.05) is 11.1 Å². The predicted molar refractivity (Wildman–Crippen MR) is 66.4 cm³/mol. The maximum atomic E-state index is 11.9. The van der Waals surface area contributed by atoms with Crippen molar-refractivity contribution in [3.05, 3.63) is 11.6 Å². The lowest BCUT2D eigenvalue weighted by atomic mass is 9.42. The van der Waals surface area contributed by atoms with Crippen LogP contribution in [0.1, 0.15) is 40.5 Å². The van der Waals surface area contributed by atoms with Gasteiger partial charge in [-0.2, -0.15) is 0 Å². The summed E-state index contributed by atoms with van der Waals surface area (Å²) >= 11 is 0. The maximum absolute atomic E-state index is 11.9. The van der Waals surface area contributed by atoms with Crippen LogP contribution in [0, 0.1) is 17.3 Å². The lowest BCUT2D eigenvalue weighted by Crippen LogP contribution is -2.73. The highest BCUT2D eigenvalue weighted by Gasteiger charge is 2.64. The van der Waals surface area contributed by atoms with Crippen LogP contribution < -0.4 is 5.73 Å². The van der Waals surface area contributed by atoms with Crippen LogP contribution in [0.2, 0.25) is 0 Å². The molecule has 0 amide bonds. The molecule has 94 valence electrons. The van der Waals surface area contributed by atoms with Gasteiger partial charge in [0.05, 0.1) is 5.92 Å². The van der Waals surface area contributed by atoms with Gasteiger partial charge in [-0.25, -0.2) is 0 Å². The van der Waals surface area contributed by atoms with E-state index in [9.17, 15) is 9.59 Å². The van der Waals surface area contributed by atoms with Crippen molar-refractivity contribution in [3.8, 4) is 0 Å². The summed E-state index contributed by atoms with van der Waals surface area (Å²) in [5, 5.41) is 0. The molecule has 1 saturated carbocycles. The van der Waals surface area contributed by atoms with Crippen LogP contribution in [0.3, 0.4) is 0 Å². The number of nitrogens with two attached hydrogens (primary N) is 1. The summed E-state index contributed by atoms with van der Waals surface area (Å²) in [6.07, 6.45) is 3.80. The van der Waals surface area contributed by atoms with Gasteiger partial charge >= 0.3 is 0 Å². The summed E-state index contributed by atoms with van der Waals surface area (Å²) in [7, 11) is 0. The van der Waals surface area contributed by atoms with E-state index in [1.807, 2.05) is 6.08 Å². The van der Waals surface area contributed by atoms with Gasteiger partial charge in [-0.15, -0.1) is 0 Å². The number of hydrogen-bond acceptors (Lipinski definition) is 3. The Morgan fingerprint density at radius 2 is 1.94 bits per heavy atom. The lowest BCUT2D eigenvalue weighted by Gasteiger charge is -2.64. The van der Waals surface area contributed by atoms with Crippen molar-refractivity contribution < 1.29 is 9.59 Å². The molecule has 0 aromatic rings. The van der Waals surface area contributed by atoms with Crippen molar-refractivity contribution in [1.29, 1.82) is 0 Å². The monoisotopic (exact) mass is 235 g/mol. The molecular formula is C14H21NO2. The molecule has 0 heterocycles. The summed E-state index contributed by atoms with van der Waals surface area (Å²) in [5.74, 6) is -0.0698. The van der Waals surface area contributed by atoms with Crippen LogP contribution in [0.4, 0.5) is 0 Å². The number of Topliss-reactive ketones (excluding diaryl/α,β-unsaturated/α-hetero) is 2. The van der Waals surface area contributed by atoms with Gasteiger partial charge in [-0.05, 0) is 38.0 Å². The van der Waals surface area contributed by atoms with Crippen molar-refractivity contribution in [1.82, 2.24) is 0 Å². The molecule has 2 aliphatic rings. The molecule has 2 rings (SSSR count). The summed E-state index contributed by atoms with van der Waals surface area (Å²) in [6, 6.07) is 0. The van der Waals surface area contributed by atoms with E-state index in [4.69, 9.17) is 5.73 Å². The van der Waals surface area contributed by atoms with Crippen LogP contribution in [0.5, 0.6) is 0 Å². The molecule has 1 unspecified atom stereocenters. The van der Waals surface area contributed by atoms with Gasteiger partial charge < -0.3 is 5.73 Å². The largest absolute Gasteiger partial charge is 0.323 e. The summed E-state index contributed by atoms with van der Waals surface area (Å²) in [6.45, 7) is 7.27. The van der Waals surface area contributed by atoms with Gasteiger partial charge in [0.15, 0.2) is 5.78 Å². The smallest absolute Gasteiger partial charge is 0.156 e. The fourth-order valence-corrected chi connectivity index (χ4v) is 3.83. The van der Waals surface area contributed by atoms with Crippen LogP contribution in [0.15, 0.2) is 11.6 Å². The second-order valence-electron chi connectivity index (χ2n) is 6.21. The van der Waals surface area contributed by atoms with Crippen molar-refractivity contribution in [3.63, 3.8) is 0 Å². The molecule has 2 N–H and O–H groups in total. The molecule has 0 aliphatic heterocycles. The number of rotatable bonds is 2. The SMILES string of the molecule is CC(=O)C1=CC[C@@H]2CC(C)(C)C2(N)[C@H]1C(C)=O. The van der Waals surface area contributed by atoms with Gasteiger partial charge in [0.1, 0.15) is 5.78 Å². The highest BCUT2D eigenvalue weighted by atomic mass is 16.1. The first kappa shape index (κ1) is 12.5. The first-order valence-corrected chi connectivity index (χ1v) is 6.22. The van der Waals surface area contributed by atoms with E-state index in [0.717, 1.165) is 12.8 Å². The van der Waals surface area contributed by atoms with Crippen LogP contribution in [-0.2, 0) is 9.59 Å². The topological polar surface area (TPSA) is 60.2 Å². The summed E-state index contributed by atoms with van der Waals surface area (Å²) < 4.78 is 0. The van der Waals surface area contributed by atoms with Gasteiger partial charge in [-0.1, -0.05) is 19.9 Å². The molecule has 3 nitrogen and oxygen atoms in total. The second-order valence-corrected chi connectivity index (χ2v) is 6.21. The van der Waals surface area contributed by atoms with Crippen molar-refractivity contribution >= 4 is 11.6 Å². The van der Waals surface area contributed by atoms with E-state index in [-0.39, 0.29) is 17.0 Å². The van der Waals surface area contributed by atoms with Gasteiger partial charge in [-0.3, -0.25) is 9.59 Å². The number of ketones is 2. The average Bonchev–Trinajstić information content (AvgIpc) is 2.19. The Morgan fingerprint density at radius 1 is 1.35 bits per heavy atom. The quantitative estimate of drug-likeness (QED) is 0.794. The molecule has 0 aromatic carbocycles. The molecule has 0 saturated heterocycles. The normalized spacial score (nSPS) is 38.8. The Labute approximate surface area is 102 Å². The lowest BCUT2D eigenvalue weighted by molar-refractivity contribution is -0.138. The number of fused-ring (bicyclic) bond motifs is 1. The Kier molecular flexibility index (Phi) is 2.58. The van der Waals surface area contributed by atoms with E-state index < -0.39 is 11.5 Å². The number of allylic oxidation sites excluding steroid dienone is 1. The predicted octanol–water partition coefficient (Wildman–Crippen LogP) is 1.85. The Hall–Kier alpha value is -0.960. The molecule has 0 radical (unpaired) electrons. The summed E-state index contributed by atoms with van der Waals surface area (Å²) in [5.41, 5.74) is 6.57. The van der Waals surface area contributed by atoms with Crippen LogP contribution >= 0.6 is 0 Å². The van der Waals surface area contributed by atoms with Crippen molar-refractivity contribution in [2.24, 2.45) is 23.0 Å². The number of carbonyl (C=O) groups is 2. The molecule has 0 bridgehead atoms. The first-order valence-electron chi connectivity index (χ1n) is 6.22. The minimum Gasteiger partial charge on any atom is -0.323 e. The van der Waals surface area contributed by atoms with E-state index in [1.165, 1.54) is 6.92 Å². The van der Waals surface area contributed by atoms with Crippen molar-refractivity contribution in [2.75, 3.05) is 0 Å². The standard InChI is InChI=1S/C14H21NO2/c1-8(16)11-6-5-10-7-13(3,4)14(10,15)12(11)9(2)17/h6,10,12H,5,7,15H2,1-4H3/t10-,12+,14?/m1/s1. The molecule has 2 aliphatic carbocycles. The third kappa shape index (κ3) is 1.45. The summed E-state index contributed by atoms with van der Waals surface area (Å²) in [4.78, 5) is 23.6. The fourth-order valence-electron chi connectivity index (χ4n) is 3.83. The third-order valence-corrected chi connectivity index (χ3v) is 4.83. The molecule has 3 heteroatoms. The first-order chi connectivity index (χ1) is 7.72. The van der Waals surface area contributed by atoms with Crippen LogP contribution in [-0.4, -0.2) is 17.1 Å². The number of hydrogen-bond donors (Lipinski definition) is 1. The van der Waals surface area contributed by atoms with Gasteiger partial charge in [0.25, 0.3) is 0 Å². The van der Waals surface area contributed by atoms with Crippen LogP contribution in [0.25, 0.3) is 0 Å².